The summed E-state index contributed by atoms with van der Waals surface area (Å²) in [6.07, 6.45) is -5.14. The van der Waals surface area contributed by atoms with Crippen molar-refractivity contribution in [3.05, 3.63) is 28.8 Å². The molecule has 8 heteroatoms. The van der Waals surface area contributed by atoms with E-state index in [1.165, 1.54) is 25.3 Å². The van der Waals surface area contributed by atoms with Gasteiger partial charge in [-0.3, -0.25) is 0 Å². The summed E-state index contributed by atoms with van der Waals surface area (Å²) in [5.41, 5.74) is 0.223. The first kappa shape index (κ1) is 17.0. The molecular weight excluding hydrogens is 304 g/mol. The van der Waals surface area contributed by atoms with E-state index in [4.69, 9.17) is 16.3 Å². The number of methoxy groups -OCH3 is 1. The van der Waals surface area contributed by atoms with Gasteiger partial charge in [0.25, 0.3) is 0 Å². The third kappa shape index (κ3) is 4.50. The fourth-order valence-corrected chi connectivity index (χ4v) is 1.61. The molecule has 1 atom stereocenters. The SMILES string of the molecule is COc1ccc(Cl)cc1C(O)COCC(F)(F)C(F)F. The van der Waals surface area contributed by atoms with Crippen LogP contribution in [0, 0.1) is 0 Å². The molecule has 0 aliphatic carbocycles. The smallest absolute Gasteiger partial charge is 0.330 e. The van der Waals surface area contributed by atoms with E-state index in [2.05, 4.69) is 4.74 Å². The number of ether oxygens (including phenoxy) is 2. The highest BCUT2D eigenvalue weighted by atomic mass is 35.5. The molecule has 0 heterocycles. The minimum absolute atomic E-state index is 0.223. The second-order valence-electron chi connectivity index (χ2n) is 3.98. The lowest BCUT2D eigenvalue weighted by Crippen LogP contribution is -2.33. The predicted molar refractivity (Wildman–Crippen MR) is 64.7 cm³/mol. The molecule has 20 heavy (non-hydrogen) atoms. The Kier molecular flexibility index (Phi) is 6.04. The van der Waals surface area contributed by atoms with Crippen LogP contribution in [0.3, 0.4) is 0 Å². The molecule has 1 aromatic carbocycles. The molecule has 0 fully saturated rings. The first-order valence-electron chi connectivity index (χ1n) is 5.53. The Morgan fingerprint density at radius 2 is 2.00 bits per heavy atom. The lowest BCUT2D eigenvalue weighted by molar-refractivity contribution is -0.170. The van der Waals surface area contributed by atoms with Crippen molar-refractivity contribution in [2.45, 2.75) is 18.5 Å². The average Bonchev–Trinajstić information content (AvgIpc) is 2.38. The van der Waals surface area contributed by atoms with E-state index < -0.39 is 31.7 Å². The molecule has 0 radical (unpaired) electrons. The third-order valence-corrected chi connectivity index (χ3v) is 2.68. The summed E-state index contributed by atoms with van der Waals surface area (Å²) < 4.78 is 58.4. The van der Waals surface area contributed by atoms with Gasteiger partial charge in [0.15, 0.2) is 0 Å². The summed E-state index contributed by atoms with van der Waals surface area (Å²) in [6.45, 7) is -2.07. The van der Waals surface area contributed by atoms with E-state index in [1.807, 2.05) is 0 Å². The van der Waals surface area contributed by atoms with E-state index in [9.17, 15) is 22.7 Å². The summed E-state index contributed by atoms with van der Waals surface area (Å²) >= 11 is 5.74. The zero-order chi connectivity index (χ0) is 15.3. The molecule has 0 aromatic heterocycles. The third-order valence-electron chi connectivity index (χ3n) is 2.44. The Labute approximate surface area is 118 Å². The molecule has 0 saturated carbocycles. The minimum atomic E-state index is -4.25. The first-order valence-corrected chi connectivity index (χ1v) is 5.91. The van der Waals surface area contributed by atoms with Crippen molar-refractivity contribution in [2.24, 2.45) is 0 Å². The van der Waals surface area contributed by atoms with Crippen molar-refractivity contribution in [1.29, 1.82) is 0 Å². The highest BCUT2D eigenvalue weighted by molar-refractivity contribution is 6.30. The maximum Gasteiger partial charge on any atom is 0.330 e. The van der Waals surface area contributed by atoms with E-state index in [0.717, 1.165) is 0 Å². The molecular formula is C12H13ClF4O3. The lowest BCUT2D eigenvalue weighted by Gasteiger charge is -2.18. The Bertz CT molecular complexity index is 443. The number of halogens is 5. The van der Waals surface area contributed by atoms with Crippen LogP contribution in [0.5, 0.6) is 5.75 Å². The van der Waals surface area contributed by atoms with Gasteiger partial charge in [-0.25, -0.2) is 8.78 Å². The van der Waals surface area contributed by atoms with Gasteiger partial charge in [0.05, 0.1) is 13.7 Å². The highest BCUT2D eigenvalue weighted by Gasteiger charge is 2.41. The van der Waals surface area contributed by atoms with Crippen LogP contribution in [0.4, 0.5) is 17.6 Å². The molecule has 0 spiro atoms. The van der Waals surface area contributed by atoms with Gasteiger partial charge in [0, 0.05) is 10.6 Å². The number of hydrogen-bond donors (Lipinski definition) is 1. The Hall–Kier alpha value is -1.05. The molecule has 1 N–H and O–H groups in total. The summed E-state index contributed by atoms with van der Waals surface area (Å²) in [7, 11) is 1.35. The fraction of sp³-hybridized carbons (Fsp3) is 0.500. The number of aliphatic hydroxyl groups is 1. The standard InChI is InChI=1S/C12H13ClF4O3/c1-19-10-3-2-7(13)4-8(10)9(18)5-20-6-12(16,17)11(14)15/h2-4,9,11,18H,5-6H2,1H3. The van der Waals surface area contributed by atoms with Crippen LogP contribution in [0.2, 0.25) is 5.02 Å². The molecule has 3 nitrogen and oxygen atoms in total. The van der Waals surface area contributed by atoms with Crippen molar-refractivity contribution in [3.8, 4) is 5.75 Å². The van der Waals surface area contributed by atoms with Crippen LogP contribution in [0.25, 0.3) is 0 Å². The Balaban J connectivity index is 2.63. The maximum absolute atomic E-state index is 12.6. The number of aliphatic hydroxyl groups excluding tert-OH is 1. The van der Waals surface area contributed by atoms with E-state index >= 15 is 0 Å². The van der Waals surface area contributed by atoms with E-state index in [1.54, 1.807) is 0 Å². The van der Waals surface area contributed by atoms with Crippen molar-refractivity contribution >= 4 is 11.6 Å². The number of benzene rings is 1. The van der Waals surface area contributed by atoms with Gasteiger partial charge in [0.2, 0.25) is 0 Å². The first-order chi connectivity index (χ1) is 9.27. The van der Waals surface area contributed by atoms with Gasteiger partial charge in [0.1, 0.15) is 18.5 Å². The zero-order valence-corrected chi connectivity index (χ0v) is 11.2. The molecule has 114 valence electrons. The molecule has 0 aliphatic rings. The van der Waals surface area contributed by atoms with E-state index in [0.29, 0.717) is 5.02 Å². The summed E-state index contributed by atoms with van der Waals surface area (Å²) in [5, 5.41) is 10.1. The van der Waals surface area contributed by atoms with Crippen molar-refractivity contribution in [1.82, 2.24) is 0 Å². The zero-order valence-electron chi connectivity index (χ0n) is 10.5. The van der Waals surface area contributed by atoms with Gasteiger partial charge < -0.3 is 14.6 Å². The van der Waals surface area contributed by atoms with Crippen molar-refractivity contribution in [2.75, 3.05) is 20.3 Å². The molecule has 0 saturated heterocycles. The normalized spacial score (nSPS) is 13.6. The van der Waals surface area contributed by atoms with Crippen LogP contribution < -0.4 is 4.74 Å². The van der Waals surface area contributed by atoms with Crippen LogP contribution in [-0.4, -0.2) is 37.8 Å². The van der Waals surface area contributed by atoms with E-state index in [-0.39, 0.29) is 11.3 Å². The molecule has 0 bridgehead atoms. The van der Waals surface area contributed by atoms with Gasteiger partial charge >= 0.3 is 12.3 Å². The topological polar surface area (TPSA) is 38.7 Å². The van der Waals surface area contributed by atoms with Crippen LogP contribution in [-0.2, 0) is 4.74 Å². The maximum atomic E-state index is 12.6. The van der Waals surface area contributed by atoms with Gasteiger partial charge in [-0.2, -0.15) is 8.78 Å². The molecule has 1 rings (SSSR count). The Morgan fingerprint density at radius 3 is 2.55 bits per heavy atom. The lowest BCUT2D eigenvalue weighted by atomic mass is 10.1. The fourth-order valence-electron chi connectivity index (χ4n) is 1.43. The Morgan fingerprint density at radius 1 is 1.35 bits per heavy atom. The van der Waals surface area contributed by atoms with Crippen molar-refractivity contribution in [3.63, 3.8) is 0 Å². The largest absolute Gasteiger partial charge is 0.496 e. The van der Waals surface area contributed by atoms with Gasteiger partial charge in [-0.05, 0) is 18.2 Å². The van der Waals surface area contributed by atoms with Crippen LogP contribution in [0.1, 0.15) is 11.7 Å². The number of rotatable bonds is 7. The monoisotopic (exact) mass is 316 g/mol. The summed E-state index contributed by atoms with van der Waals surface area (Å²) in [6, 6.07) is 4.37. The summed E-state index contributed by atoms with van der Waals surface area (Å²) in [5.74, 6) is -3.97. The number of alkyl halides is 4. The minimum Gasteiger partial charge on any atom is -0.496 e. The van der Waals surface area contributed by atoms with Crippen LogP contribution >= 0.6 is 11.6 Å². The van der Waals surface area contributed by atoms with Gasteiger partial charge in [-0.1, -0.05) is 11.6 Å². The van der Waals surface area contributed by atoms with Crippen molar-refractivity contribution < 1.29 is 32.1 Å². The average molecular weight is 317 g/mol. The predicted octanol–water partition coefficient (Wildman–Crippen LogP) is 3.30. The second-order valence-corrected chi connectivity index (χ2v) is 4.42. The molecule has 1 aromatic rings. The van der Waals surface area contributed by atoms with Gasteiger partial charge in [-0.15, -0.1) is 0 Å². The molecule has 1 unspecified atom stereocenters. The highest BCUT2D eigenvalue weighted by Crippen LogP contribution is 2.29. The summed E-state index contributed by atoms with van der Waals surface area (Å²) in [4.78, 5) is 0. The quantitative estimate of drug-likeness (QED) is 0.784. The second kappa shape index (κ2) is 7.10. The number of hydrogen-bond acceptors (Lipinski definition) is 3. The van der Waals surface area contributed by atoms with Crippen LogP contribution in [0.15, 0.2) is 18.2 Å². The molecule has 0 amide bonds. The molecule has 0 aliphatic heterocycles.